The van der Waals surface area contributed by atoms with E-state index in [4.69, 9.17) is 22.4 Å². The Morgan fingerprint density at radius 1 is 1.09 bits per heavy atom. The summed E-state index contributed by atoms with van der Waals surface area (Å²) in [6.07, 6.45) is 0. The molecule has 0 fully saturated rings. The molecule has 0 spiro atoms. The van der Waals surface area contributed by atoms with E-state index in [0.29, 0.717) is 10.7 Å². The van der Waals surface area contributed by atoms with Crippen molar-refractivity contribution in [3.8, 4) is 0 Å². The normalized spacial score (nSPS) is 11.1. The molecule has 3 N–H and O–H groups in total. The minimum Gasteiger partial charge on any atom is -0.480 e. The fourth-order valence-electron chi connectivity index (χ4n) is 1.81. The van der Waals surface area contributed by atoms with Crippen molar-refractivity contribution in [1.82, 2.24) is 0 Å². The van der Waals surface area contributed by atoms with Gasteiger partial charge in [0.05, 0.1) is 10.6 Å². The van der Waals surface area contributed by atoms with Crippen molar-refractivity contribution in [2.75, 3.05) is 16.6 Å². The molecule has 0 aliphatic heterocycles. The van der Waals surface area contributed by atoms with Crippen molar-refractivity contribution in [3.63, 3.8) is 0 Å². The van der Waals surface area contributed by atoms with Crippen LogP contribution < -0.4 is 10.0 Å². The second kappa shape index (κ2) is 6.25. The number of nitrogen functional groups attached to an aromatic ring is 1. The van der Waals surface area contributed by atoms with E-state index in [0.717, 1.165) is 4.31 Å². The van der Waals surface area contributed by atoms with Crippen molar-refractivity contribution in [2.24, 2.45) is 0 Å². The average Bonchev–Trinajstić information content (AvgIpc) is 2.46. The van der Waals surface area contributed by atoms with E-state index in [1.165, 1.54) is 48.5 Å². The molecule has 2 aromatic carbocycles. The van der Waals surface area contributed by atoms with E-state index in [-0.39, 0.29) is 10.6 Å². The van der Waals surface area contributed by atoms with Gasteiger partial charge < -0.3 is 10.8 Å². The predicted octanol–water partition coefficient (Wildman–Crippen LogP) is 2.20. The van der Waals surface area contributed by atoms with Gasteiger partial charge in [-0.2, -0.15) is 0 Å². The molecule has 22 heavy (non-hydrogen) atoms. The summed E-state index contributed by atoms with van der Waals surface area (Å²) >= 11 is 5.77. The highest BCUT2D eigenvalue weighted by Gasteiger charge is 2.26. The van der Waals surface area contributed by atoms with Gasteiger partial charge in [-0.05, 0) is 48.5 Å². The number of hydrogen-bond donors (Lipinski definition) is 2. The Bertz CT molecular complexity index is 773. The van der Waals surface area contributed by atoms with Crippen LogP contribution in [-0.4, -0.2) is 26.0 Å². The number of nitrogens with zero attached hydrogens (tertiary/aromatic N) is 1. The Morgan fingerprint density at radius 3 is 2.14 bits per heavy atom. The highest BCUT2D eigenvalue weighted by Crippen LogP contribution is 2.25. The Balaban J connectivity index is 2.50. The van der Waals surface area contributed by atoms with E-state index in [9.17, 15) is 13.2 Å². The van der Waals surface area contributed by atoms with E-state index in [1.54, 1.807) is 0 Å². The predicted molar refractivity (Wildman–Crippen MR) is 84.5 cm³/mol. The van der Waals surface area contributed by atoms with Crippen LogP contribution >= 0.6 is 11.6 Å². The third-order valence-corrected chi connectivity index (χ3v) is 4.90. The molecule has 0 unspecified atom stereocenters. The molecule has 2 rings (SSSR count). The minimum absolute atomic E-state index is 0.0436. The summed E-state index contributed by atoms with van der Waals surface area (Å²) in [7, 11) is -4.02. The summed E-state index contributed by atoms with van der Waals surface area (Å²) < 4.78 is 26.1. The van der Waals surface area contributed by atoms with Gasteiger partial charge in [-0.3, -0.25) is 9.10 Å². The van der Waals surface area contributed by atoms with Crippen LogP contribution in [0.25, 0.3) is 0 Å². The quantitative estimate of drug-likeness (QED) is 0.812. The maximum Gasteiger partial charge on any atom is 0.324 e. The van der Waals surface area contributed by atoms with Crippen molar-refractivity contribution >= 4 is 39.0 Å². The fraction of sp³-hybridized carbons (Fsp3) is 0.0714. The first-order valence-corrected chi connectivity index (χ1v) is 7.98. The van der Waals surface area contributed by atoms with Crippen LogP contribution in [0.15, 0.2) is 53.4 Å². The second-order valence-electron chi connectivity index (χ2n) is 4.45. The minimum atomic E-state index is -4.02. The van der Waals surface area contributed by atoms with Crippen molar-refractivity contribution in [1.29, 1.82) is 0 Å². The lowest BCUT2D eigenvalue weighted by Gasteiger charge is -2.22. The number of carboxylic acids is 1. The van der Waals surface area contributed by atoms with E-state index < -0.39 is 22.5 Å². The van der Waals surface area contributed by atoms with Gasteiger partial charge >= 0.3 is 5.97 Å². The third kappa shape index (κ3) is 3.49. The number of sulfonamides is 1. The number of nitrogens with two attached hydrogens (primary N) is 1. The van der Waals surface area contributed by atoms with Crippen LogP contribution in [0.3, 0.4) is 0 Å². The molecular weight excluding hydrogens is 328 g/mol. The fourth-order valence-corrected chi connectivity index (χ4v) is 3.35. The number of aliphatic carboxylic acids is 1. The van der Waals surface area contributed by atoms with Gasteiger partial charge in [-0.15, -0.1) is 0 Å². The summed E-state index contributed by atoms with van der Waals surface area (Å²) in [4.78, 5) is 11.0. The zero-order valence-electron chi connectivity index (χ0n) is 11.3. The number of halogens is 1. The van der Waals surface area contributed by atoms with Crippen LogP contribution in [0.5, 0.6) is 0 Å². The number of rotatable bonds is 5. The summed E-state index contributed by atoms with van der Waals surface area (Å²) in [6, 6.07) is 11.4. The first kappa shape index (κ1) is 16.1. The first-order chi connectivity index (χ1) is 10.3. The number of carboxylic acid groups (broad SMARTS) is 1. The molecule has 8 heteroatoms. The number of carbonyl (C=O) groups is 1. The Labute approximate surface area is 132 Å². The van der Waals surface area contributed by atoms with Gasteiger partial charge in [-0.25, -0.2) is 8.42 Å². The lowest BCUT2D eigenvalue weighted by Crippen LogP contribution is -2.35. The molecule has 0 heterocycles. The lowest BCUT2D eigenvalue weighted by atomic mass is 10.3. The van der Waals surface area contributed by atoms with Crippen LogP contribution in [-0.2, 0) is 14.8 Å². The number of hydrogen-bond acceptors (Lipinski definition) is 4. The van der Waals surface area contributed by atoms with Crippen LogP contribution in [0.1, 0.15) is 0 Å². The van der Waals surface area contributed by atoms with Gasteiger partial charge in [0.25, 0.3) is 10.0 Å². The average molecular weight is 341 g/mol. The van der Waals surface area contributed by atoms with Gasteiger partial charge in [0.1, 0.15) is 6.54 Å². The summed E-state index contributed by atoms with van der Waals surface area (Å²) in [5, 5.41) is 9.42. The summed E-state index contributed by atoms with van der Waals surface area (Å²) in [6.45, 7) is -0.700. The Hall–Kier alpha value is -2.25. The van der Waals surface area contributed by atoms with Gasteiger partial charge in [-0.1, -0.05) is 11.6 Å². The molecule has 0 saturated carbocycles. The molecular formula is C14H13ClN2O4S. The van der Waals surface area contributed by atoms with Crippen molar-refractivity contribution < 1.29 is 18.3 Å². The smallest absolute Gasteiger partial charge is 0.324 e. The lowest BCUT2D eigenvalue weighted by molar-refractivity contribution is -0.135. The summed E-state index contributed by atoms with van der Waals surface area (Å²) in [5.41, 5.74) is 6.16. The van der Waals surface area contributed by atoms with Gasteiger partial charge in [0, 0.05) is 10.7 Å². The van der Waals surface area contributed by atoms with E-state index in [2.05, 4.69) is 0 Å². The number of anilines is 2. The van der Waals surface area contributed by atoms with E-state index >= 15 is 0 Å². The van der Waals surface area contributed by atoms with E-state index in [1.807, 2.05) is 0 Å². The zero-order chi connectivity index (χ0) is 16.3. The summed E-state index contributed by atoms with van der Waals surface area (Å²) in [5.74, 6) is -1.27. The monoisotopic (exact) mass is 340 g/mol. The highest BCUT2D eigenvalue weighted by atomic mass is 35.5. The molecule has 0 aliphatic carbocycles. The first-order valence-electron chi connectivity index (χ1n) is 6.16. The van der Waals surface area contributed by atoms with Crippen LogP contribution in [0.2, 0.25) is 5.02 Å². The molecule has 0 saturated heterocycles. The second-order valence-corrected chi connectivity index (χ2v) is 6.75. The molecule has 0 aromatic heterocycles. The Morgan fingerprint density at radius 2 is 1.64 bits per heavy atom. The maximum atomic E-state index is 12.7. The van der Waals surface area contributed by atoms with Crippen molar-refractivity contribution in [3.05, 3.63) is 53.6 Å². The standard InChI is InChI=1S/C14H13ClN2O4S/c15-10-1-5-12(6-2-10)17(9-14(18)19)22(20,21)13-7-3-11(16)4-8-13/h1-8H,9,16H2,(H,18,19). The largest absolute Gasteiger partial charge is 0.480 e. The van der Waals surface area contributed by atoms with Crippen molar-refractivity contribution in [2.45, 2.75) is 4.90 Å². The zero-order valence-corrected chi connectivity index (χ0v) is 12.9. The molecule has 116 valence electrons. The molecule has 0 bridgehead atoms. The SMILES string of the molecule is Nc1ccc(S(=O)(=O)N(CC(=O)O)c2ccc(Cl)cc2)cc1. The van der Waals surface area contributed by atoms with Crippen LogP contribution in [0, 0.1) is 0 Å². The molecule has 0 radical (unpaired) electrons. The van der Waals surface area contributed by atoms with Gasteiger partial charge in [0.2, 0.25) is 0 Å². The molecule has 0 amide bonds. The molecule has 6 nitrogen and oxygen atoms in total. The Kier molecular flexibility index (Phi) is 4.58. The molecule has 0 atom stereocenters. The maximum absolute atomic E-state index is 12.7. The molecule has 2 aromatic rings. The van der Waals surface area contributed by atoms with Gasteiger partial charge in [0.15, 0.2) is 0 Å². The highest BCUT2D eigenvalue weighted by molar-refractivity contribution is 7.92. The number of benzene rings is 2. The van der Waals surface area contributed by atoms with Crippen LogP contribution in [0.4, 0.5) is 11.4 Å². The molecule has 0 aliphatic rings. The topological polar surface area (TPSA) is 101 Å². The third-order valence-electron chi connectivity index (χ3n) is 2.86.